The highest BCUT2D eigenvalue weighted by Gasteiger charge is 2.29. The van der Waals surface area contributed by atoms with Crippen LogP contribution in [0.15, 0.2) is 66.7 Å². The highest BCUT2D eigenvalue weighted by Crippen LogP contribution is 2.44. The average Bonchev–Trinajstić information content (AvgIpc) is 3.06. The van der Waals surface area contributed by atoms with Gasteiger partial charge < -0.3 is 14.6 Å². The summed E-state index contributed by atoms with van der Waals surface area (Å²) in [4.78, 5) is 12.4. The normalized spacial score (nSPS) is 12.2. The Hall–Kier alpha value is -3.38. The van der Waals surface area contributed by atoms with E-state index in [1.165, 1.54) is 12.1 Å². The number of carbonyl (C=O) groups is 1. The van der Waals surface area contributed by atoms with Crippen LogP contribution >= 0.6 is 0 Å². The molecule has 1 aliphatic rings. The minimum absolute atomic E-state index is 0.0111. The molecule has 0 heterocycles. The number of halogens is 1. The molecule has 0 unspecified atom stereocenters. The fourth-order valence-corrected chi connectivity index (χ4v) is 3.62. The van der Waals surface area contributed by atoms with Gasteiger partial charge >= 0.3 is 6.09 Å². The number of fused-ring (bicyclic) bond motifs is 3. The van der Waals surface area contributed by atoms with Crippen molar-refractivity contribution < 1.29 is 23.8 Å². The van der Waals surface area contributed by atoms with E-state index in [4.69, 9.17) is 14.6 Å². The first kappa shape index (κ1) is 19.0. The first-order chi connectivity index (χ1) is 14.2. The van der Waals surface area contributed by atoms with Crippen LogP contribution in [-0.2, 0) is 4.74 Å². The quantitative estimate of drug-likeness (QED) is 0.644. The third-order valence-electron chi connectivity index (χ3n) is 4.87. The number of amides is 1. The second kappa shape index (κ2) is 8.32. The standard InChI is InChI=1S/C23H20FNO4/c24-15-9-10-21(22(13-15)28-12-11-26)25-23(27)29-14-20-18-7-3-1-5-16(18)17-6-2-4-8-19(17)20/h1-10,13,20,26H,11-12,14H2,(H,25,27). The van der Waals surface area contributed by atoms with Gasteiger partial charge in [0, 0.05) is 12.0 Å². The number of nitrogens with one attached hydrogen (secondary N) is 1. The molecular weight excluding hydrogens is 373 g/mol. The fraction of sp³-hybridized carbons (Fsp3) is 0.174. The van der Waals surface area contributed by atoms with E-state index in [2.05, 4.69) is 17.4 Å². The largest absolute Gasteiger partial charge is 0.489 e. The molecule has 148 valence electrons. The Labute approximate surface area is 167 Å². The van der Waals surface area contributed by atoms with Crippen molar-refractivity contribution >= 4 is 11.8 Å². The van der Waals surface area contributed by atoms with Gasteiger partial charge in [-0.25, -0.2) is 9.18 Å². The van der Waals surface area contributed by atoms with E-state index in [0.717, 1.165) is 28.3 Å². The summed E-state index contributed by atoms with van der Waals surface area (Å²) in [5.41, 5.74) is 4.81. The molecule has 3 aromatic rings. The van der Waals surface area contributed by atoms with Crippen LogP contribution in [0.4, 0.5) is 14.9 Å². The Morgan fingerprint density at radius 2 is 1.66 bits per heavy atom. The van der Waals surface area contributed by atoms with E-state index in [0.29, 0.717) is 0 Å². The molecule has 0 aromatic heterocycles. The number of aliphatic hydroxyl groups is 1. The number of carbonyl (C=O) groups excluding carboxylic acids is 1. The van der Waals surface area contributed by atoms with E-state index >= 15 is 0 Å². The Kier molecular flexibility index (Phi) is 5.44. The van der Waals surface area contributed by atoms with Gasteiger partial charge in [0.05, 0.1) is 12.3 Å². The number of hydrogen-bond donors (Lipinski definition) is 2. The van der Waals surface area contributed by atoms with E-state index in [1.807, 2.05) is 36.4 Å². The molecule has 0 aliphatic heterocycles. The lowest BCUT2D eigenvalue weighted by atomic mass is 9.98. The smallest absolute Gasteiger partial charge is 0.411 e. The monoisotopic (exact) mass is 393 g/mol. The van der Waals surface area contributed by atoms with Crippen molar-refractivity contribution in [3.63, 3.8) is 0 Å². The van der Waals surface area contributed by atoms with Crippen molar-refractivity contribution in [3.8, 4) is 16.9 Å². The first-order valence-electron chi connectivity index (χ1n) is 9.32. The lowest BCUT2D eigenvalue weighted by molar-refractivity contribution is 0.158. The molecule has 2 N–H and O–H groups in total. The van der Waals surface area contributed by atoms with Crippen molar-refractivity contribution in [2.24, 2.45) is 0 Å². The topological polar surface area (TPSA) is 67.8 Å². The summed E-state index contributed by atoms with van der Waals surface area (Å²) in [5, 5.41) is 11.5. The molecule has 0 bridgehead atoms. The van der Waals surface area contributed by atoms with Gasteiger partial charge in [-0.3, -0.25) is 5.32 Å². The maximum atomic E-state index is 13.5. The molecule has 0 spiro atoms. The van der Waals surface area contributed by atoms with Gasteiger partial charge in [0.25, 0.3) is 0 Å². The number of aliphatic hydroxyl groups excluding tert-OH is 1. The molecule has 3 aromatic carbocycles. The lowest BCUT2D eigenvalue weighted by Gasteiger charge is -2.16. The average molecular weight is 393 g/mol. The second-order valence-electron chi connectivity index (χ2n) is 6.66. The van der Waals surface area contributed by atoms with Crippen molar-refractivity contribution in [2.75, 3.05) is 25.1 Å². The second-order valence-corrected chi connectivity index (χ2v) is 6.66. The summed E-state index contributed by atoms with van der Waals surface area (Å²) < 4.78 is 24.2. The minimum Gasteiger partial charge on any atom is -0.489 e. The van der Waals surface area contributed by atoms with Crippen molar-refractivity contribution in [1.82, 2.24) is 0 Å². The molecule has 1 aliphatic carbocycles. The van der Waals surface area contributed by atoms with E-state index in [9.17, 15) is 9.18 Å². The van der Waals surface area contributed by atoms with E-state index in [-0.39, 0.29) is 37.2 Å². The highest BCUT2D eigenvalue weighted by atomic mass is 19.1. The number of rotatable bonds is 6. The number of benzene rings is 3. The SMILES string of the molecule is O=C(Nc1ccc(F)cc1OCCO)OCC1c2ccccc2-c2ccccc21. The highest BCUT2D eigenvalue weighted by molar-refractivity contribution is 5.87. The van der Waals surface area contributed by atoms with Crippen LogP contribution in [0.5, 0.6) is 5.75 Å². The Morgan fingerprint density at radius 1 is 1.00 bits per heavy atom. The van der Waals surface area contributed by atoms with Crippen LogP contribution in [0.2, 0.25) is 0 Å². The molecule has 29 heavy (non-hydrogen) atoms. The number of ether oxygens (including phenoxy) is 2. The van der Waals surface area contributed by atoms with Crippen LogP contribution < -0.4 is 10.1 Å². The molecule has 0 fully saturated rings. The number of anilines is 1. The van der Waals surface area contributed by atoms with E-state index in [1.54, 1.807) is 0 Å². The third kappa shape index (κ3) is 3.93. The lowest BCUT2D eigenvalue weighted by Crippen LogP contribution is -2.18. The van der Waals surface area contributed by atoms with Gasteiger partial charge in [-0.2, -0.15) is 0 Å². The molecule has 6 heteroatoms. The first-order valence-corrected chi connectivity index (χ1v) is 9.32. The molecule has 0 atom stereocenters. The Morgan fingerprint density at radius 3 is 2.31 bits per heavy atom. The Balaban J connectivity index is 1.47. The molecule has 4 rings (SSSR count). The van der Waals surface area contributed by atoms with Crippen LogP contribution in [0.1, 0.15) is 17.0 Å². The zero-order valence-electron chi connectivity index (χ0n) is 15.6. The van der Waals surface area contributed by atoms with Crippen molar-refractivity contribution in [3.05, 3.63) is 83.7 Å². The number of hydrogen-bond acceptors (Lipinski definition) is 4. The molecule has 0 saturated heterocycles. The van der Waals surface area contributed by atoms with Crippen LogP contribution in [0, 0.1) is 5.82 Å². The van der Waals surface area contributed by atoms with Gasteiger partial charge in [0.2, 0.25) is 0 Å². The molecule has 1 amide bonds. The fourth-order valence-electron chi connectivity index (χ4n) is 3.62. The summed E-state index contributed by atoms with van der Waals surface area (Å²) in [7, 11) is 0. The zero-order valence-corrected chi connectivity index (χ0v) is 15.6. The Bertz CT molecular complexity index is 991. The summed E-state index contributed by atoms with van der Waals surface area (Å²) >= 11 is 0. The maximum absolute atomic E-state index is 13.5. The van der Waals surface area contributed by atoms with Gasteiger partial charge in [-0.1, -0.05) is 48.5 Å². The molecule has 0 saturated carbocycles. The van der Waals surface area contributed by atoms with Gasteiger partial charge in [0.15, 0.2) is 0 Å². The molecular formula is C23H20FNO4. The summed E-state index contributed by atoms with van der Waals surface area (Å²) in [6.45, 7) is -0.0579. The van der Waals surface area contributed by atoms with Crippen LogP contribution in [-0.4, -0.2) is 31.0 Å². The van der Waals surface area contributed by atoms with Crippen molar-refractivity contribution in [2.45, 2.75) is 5.92 Å². The van der Waals surface area contributed by atoms with Gasteiger partial charge in [-0.05, 0) is 34.4 Å². The van der Waals surface area contributed by atoms with Gasteiger partial charge in [0.1, 0.15) is 24.8 Å². The molecule has 0 radical (unpaired) electrons. The summed E-state index contributed by atoms with van der Waals surface area (Å²) in [5.74, 6) is -0.421. The van der Waals surface area contributed by atoms with Crippen molar-refractivity contribution in [1.29, 1.82) is 0 Å². The summed E-state index contributed by atoms with van der Waals surface area (Å²) in [6, 6.07) is 19.9. The summed E-state index contributed by atoms with van der Waals surface area (Å²) in [6.07, 6.45) is -0.660. The van der Waals surface area contributed by atoms with E-state index < -0.39 is 11.9 Å². The van der Waals surface area contributed by atoms with Crippen LogP contribution in [0.3, 0.4) is 0 Å². The zero-order chi connectivity index (χ0) is 20.2. The minimum atomic E-state index is -0.660. The third-order valence-corrected chi connectivity index (χ3v) is 4.87. The predicted molar refractivity (Wildman–Crippen MR) is 108 cm³/mol. The maximum Gasteiger partial charge on any atom is 0.411 e. The van der Waals surface area contributed by atoms with Crippen LogP contribution in [0.25, 0.3) is 11.1 Å². The predicted octanol–water partition coefficient (Wildman–Crippen LogP) is 4.56. The van der Waals surface area contributed by atoms with Gasteiger partial charge in [-0.15, -0.1) is 0 Å². The molecule has 5 nitrogen and oxygen atoms in total.